The molecule has 0 fully saturated rings. The SMILES string of the molecule is CC.CC=COC.[2H]c1cnc2ccc(N(CC)c3ccccc3)cc2n1. The number of methoxy groups -OCH3 is 1. The zero-order valence-corrected chi connectivity index (χ0v) is 16.3. The molecule has 26 heavy (non-hydrogen) atoms. The first kappa shape index (κ1) is 19.4. The van der Waals surface area contributed by atoms with E-state index in [4.69, 9.17) is 1.37 Å². The molecule has 4 heteroatoms. The maximum absolute atomic E-state index is 7.58. The normalized spacial score (nSPS) is 10.3. The van der Waals surface area contributed by atoms with Gasteiger partial charge in [-0.2, -0.15) is 0 Å². The number of aromatic nitrogens is 2. The average molecular weight is 353 g/mol. The molecule has 0 atom stereocenters. The van der Waals surface area contributed by atoms with Crippen LogP contribution in [0.5, 0.6) is 0 Å². The first-order chi connectivity index (χ1) is 13.2. The van der Waals surface area contributed by atoms with Gasteiger partial charge in [0.15, 0.2) is 0 Å². The van der Waals surface area contributed by atoms with Crippen LogP contribution in [0.1, 0.15) is 29.1 Å². The van der Waals surface area contributed by atoms with Gasteiger partial charge in [-0.1, -0.05) is 38.1 Å². The molecule has 0 bridgehead atoms. The monoisotopic (exact) mass is 352 g/mol. The van der Waals surface area contributed by atoms with E-state index < -0.39 is 0 Å². The van der Waals surface area contributed by atoms with E-state index in [9.17, 15) is 0 Å². The Morgan fingerprint density at radius 3 is 2.35 bits per heavy atom. The molecule has 0 amide bonds. The van der Waals surface area contributed by atoms with Crippen molar-refractivity contribution < 1.29 is 6.11 Å². The van der Waals surface area contributed by atoms with Crippen molar-refractivity contribution in [2.24, 2.45) is 0 Å². The predicted octanol–water partition coefficient (Wildman–Crippen LogP) is 5.98. The molecule has 0 radical (unpaired) electrons. The largest absolute Gasteiger partial charge is 0.505 e. The number of hydrogen-bond donors (Lipinski definition) is 0. The molecule has 3 rings (SSSR count). The van der Waals surface area contributed by atoms with Crippen LogP contribution in [-0.2, 0) is 4.74 Å². The third-order valence-corrected chi connectivity index (χ3v) is 3.37. The molecule has 138 valence electrons. The van der Waals surface area contributed by atoms with Gasteiger partial charge >= 0.3 is 0 Å². The summed E-state index contributed by atoms with van der Waals surface area (Å²) in [6, 6.07) is 16.2. The van der Waals surface area contributed by atoms with Crippen LogP contribution in [0, 0.1) is 0 Å². The van der Waals surface area contributed by atoms with Gasteiger partial charge in [0.05, 0.1) is 25.8 Å². The summed E-state index contributed by atoms with van der Waals surface area (Å²) in [5.74, 6) is 0. The lowest BCUT2D eigenvalue weighted by atomic mass is 10.2. The molecule has 1 aromatic heterocycles. The van der Waals surface area contributed by atoms with Gasteiger partial charge in [-0.25, -0.2) is 0 Å². The van der Waals surface area contributed by atoms with Crippen LogP contribution >= 0.6 is 0 Å². The number of fused-ring (bicyclic) bond motifs is 1. The fraction of sp³-hybridized carbons (Fsp3) is 0.273. The smallest absolute Gasteiger partial charge is 0.0907 e. The second-order valence-corrected chi connectivity index (χ2v) is 4.96. The molecule has 0 N–H and O–H groups in total. The Labute approximate surface area is 158 Å². The van der Waals surface area contributed by atoms with Crippen LogP contribution < -0.4 is 4.90 Å². The van der Waals surface area contributed by atoms with E-state index in [1.54, 1.807) is 13.4 Å². The lowest BCUT2D eigenvalue weighted by molar-refractivity contribution is 0.337. The summed E-state index contributed by atoms with van der Waals surface area (Å²) in [5, 5.41) is 0. The summed E-state index contributed by atoms with van der Waals surface area (Å²) in [6.07, 6.45) is 5.12. The second-order valence-electron chi connectivity index (χ2n) is 4.96. The molecule has 0 aliphatic rings. The van der Waals surface area contributed by atoms with E-state index >= 15 is 0 Å². The Kier molecular flexibility index (Phi) is 9.33. The van der Waals surface area contributed by atoms with E-state index in [0.29, 0.717) is 0 Å². The maximum atomic E-state index is 7.58. The highest BCUT2D eigenvalue weighted by atomic mass is 16.5. The van der Waals surface area contributed by atoms with Gasteiger partial charge in [-0.3, -0.25) is 9.97 Å². The number of hydrogen-bond acceptors (Lipinski definition) is 4. The van der Waals surface area contributed by atoms with Crippen LogP contribution in [0.3, 0.4) is 0 Å². The minimum Gasteiger partial charge on any atom is -0.505 e. The van der Waals surface area contributed by atoms with Crippen LogP contribution in [0.2, 0.25) is 0 Å². The Morgan fingerprint density at radius 2 is 1.77 bits per heavy atom. The Bertz CT molecular complexity index is 822. The van der Waals surface area contributed by atoms with E-state index in [1.165, 1.54) is 6.20 Å². The molecular weight excluding hydrogens is 322 g/mol. The fourth-order valence-corrected chi connectivity index (χ4v) is 2.33. The van der Waals surface area contributed by atoms with E-state index in [1.807, 2.05) is 63.2 Å². The zero-order chi connectivity index (χ0) is 20.1. The van der Waals surface area contributed by atoms with Gasteiger partial charge in [0.25, 0.3) is 0 Å². The summed E-state index contributed by atoms with van der Waals surface area (Å²) in [7, 11) is 1.62. The topological polar surface area (TPSA) is 38.2 Å². The van der Waals surface area contributed by atoms with Crippen molar-refractivity contribution in [3.63, 3.8) is 0 Å². The van der Waals surface area contributed by atoms with Crippen molar-refractivity contribution >= 4 is 22.4 Å². The van der Waals surface area contributed by atoms with Gasteiger partial charge < -0.3 is 9.64 Å². The highest BCUT2D eigenvalue weighted by molar-refractivity contribution is 5.80. The first-order valence-corrected chi connectivity index (χ1v) is 8.89. The first-order valence-electron chi connectivity index (χ1n) is 9.39. The molecule has 0 saturated carbocycles. The number of ether oxygens (including phenoxy) is 1. The molecule has 0 saturated heterocycles. The third-order valence-electron chi connectivity index (χ3n) is 3.37. The zero-order valence-electron chi connectivity index (χ0n) is 17.3. The van der Waals surface area contributed by atoms with E-state index in [2.05, 4.69) is 38.7 Å². The number of rotatable bonds is 4. The van der Waals surface area contributed by atoms with Crippen molar-refractivity contribution in [2.45, 2.75) is 27.7 Å². The highest BCUT2D eigenvalue weighted by Crippen LogP contribution is 2.26. The minimum absolute atomic E-state index is 0.192. The van der Waals surface area contributed by atoms with E-state index in [0.717, 1.165) is 29.0 Å². The quantitative estimate of drug-likeness (QED) is 0.541. The number of benzene rings is 2. The number of anilines is 2. The molecule has 0 spiro atoms. The molecule has 3 aromatic rings. The van der Waals surface area contributed by atoms with Crippen molar-refractivity contribution in [2.75, 3.05) is 18.6 Å². The number of para-hydroxylation sites is 1. The Morgan fingerprint density at radius 1 is 1.04 bits per heavy atom. The van der Waals surface area contributed by atoms with Crippen molar-refractivity contribution in [1.82, 2.24) is 9.97 Å². The predicted molar refractivity (Wildman–Crippen MR) is 112 cm³/mol. The maximum Gasteiger partial charge on any atom is 0.0907 e. The van der Waals surface area contributed by atoms with Gasteiger partial charge in [0.1, 0.15) is 0 Å². The number of allylic oxidation sites excluding steroid dienone is 1. The van der Waals surface area contributed by atoms with Crippen LogP contribution in [0.15, 0.2) is 73.2 Å². The standard InChI is InChI=1S/C16H15N3.C4H8O.C2H6/c1-2-19(13-6-4-3-5-7-13)14-8-9-15-16(12-14)18-11-10-17-15;1-3-4-5-2;1-2/h3-12H,2H2,1H3;3-4H,1-2H3;1-2H3/i11D;;. The molecular formula is C22H29N3O. The summed E-state index contributed by atoms with van der Waals surface area (Å²) in [4.78, 5) is 10.6. The van der Waals surface area contributed by atoms with Crippen LogP contribution in [0.4, 0.5) is 11.4 Å². The minimum atomic E-state index is 0.192. The van der Waals surface area contributed by atoms with Crippen molar-refractivity contribution in [3.8, 4) is 0 Å². The molecule has 1 heterocycles. The molecule has 2 aromatic carbocycles. The fourth-order valence-electron chi connectivity index (χ4n) is 2.33. The van der Waals surface area contributed by atoms with Gasteiger partial charge in [-0.15, -0.1) is 0 Å². The summed E-state index contributed by atoms with van der Waals surface area (Å²) < 4.78 is 12.1. The lowest BCUT2D eigenvalue weighted by Crippen LogP contribution is -2.15. The summed E-state index contributed by atoms with van der Waals surface area (Å²) in [5.41, 5.74) is 3.77. The van der Waals surface area contributed by atoms with Gasteiger partial charge in [0.2, 0.25) is 0 Å². The third kappa shape index (κ3) is 6.20. The lowest BCUT2D eigenvalue weighted by Gasteiger charge is -2.23. The molecule has 4 nitrogen and oxygen atoms in total. The van der Waals surface area contributed by atoms with Gasteiger partial charge in [-0.05, 0) is 44.2 Å². The van der Waals surface area contributed by atoms with E-state index in [-0.39, 0.29) is 6.17 Å². The number of nitrogens with zero attached hydrogens (tertiary/aromatic N) is 3. The molecule has 0 aliphatic carbocycles. The van der Waals surface area contributed by atoms with Gasteiger partial charge in [0, 0.05) is 30.3 Å². The van der Waals surface area contributed by atoms with Crippen molar-refractivity contribution in [3.05, 3.63) is 73.2 Å². The molecule has 0 aliphatic heterocycles. The van der Waals surface area contributed by atoms with Crippen molar-refractivity contribution in [1.29, 1.82) is 0 Å². The summed E-state index contributed by atoms with van der Waals surface area (Å²) >= 11 is 0. The van der Waals surface area contributed by atoms with Crippen LogP contribution in [-0.4, -0.2) is 23.6 Å². The second kappa shape index (κ2) is 12.5. The average Bonchev–Trinajstić information content (AvgIpc) is 2.72. The Balaban J connectivity index is 0.000000454. The highest BCUT2D eigenvalue weighted by Gasteiger charge is 2.07. The molecule has 0 unspecified atom stereocenters. The summed E-state index contributed by atoms with van der Waals surface area (Å²) in [6.45, 7) is 8.89. The van der Waals surface area contributed by atoms with Crippen LogP contribution in [0.25, 0.3) is 11.0 Å². The Hall–Kier alpha value is -2.88.